The van der Waals surface area contributed by atoms with E-state index in [4.69, 9.17) is 4.74 Å². The van der Waals surface area contributed by atoms with Gasteiger partial charge < -0.3 is 15.4 Å². The highest BCUT2D eigenvalue weighted by molar-refractivity contribution is 8.01. The minimum atomic E-state index is -3.63. The summed E-state index contributed by atoms with van der Waals surface area (Å²) in [4.78, 5) is 25.0. The fourth-order valence-electron chi connectivity index (χ4n) is 3.00. The smallest absolute Gasteiger partial charge is 0.237 e. The van der Waals surface area contributed by atoms with Crippen molar-refractivity contribution >= 4 is 39.1 Å². The average molecular weight is 449 g/mol. The number of nitrogens with one attached hydrogen (secondary N) is 2. The summed E-state index contributed by atoms with van der Waals surface area (Å²) in [6.07, 6.45) is 0.519. The number of fused-ring (bicyclic) bond motifs is 1. The van der Waals surface area contributed by atoms with Crippen LogP contribution in [0.25, 0.3) is 0 Å². The third-order valence-corrected chi connectivity index (χ3v) is 7.86. The molecule has 0 saturated carbocycles. The Kier molecular flexibility index (Phi) is 7.04. The van der Waals surface area contributed by atoms with E-state index in [0.29, 0.717) is 24.4 Å². The molecule has 1 unspecified atom stereocenters. The van der Waals surface area contributed by atoms with Crippen LogP contribution < -0.4 is 15.4 Å². The predicted molar refractivity (Wildman–Crippen MR) is 117 cm³/mol. The topological polar surface area (TPSA) is 102 Å². The molecule has 0 radical (unpaired) electrons. The minimum absolute atomic E-state index is 0.0710. The molecule has 0 fully saturated rings. The average Bonchev–Trinajstić information content (AvgIpc) is 2.75. The van der Waals surface area contributed by atoms with E-state index in [9.17, 15) is 18.0 Å². The van der Waals surface area contributed by atoms with Crippen molar-refractivity contribution in [3.8, 4) is 5.75 Å². The molecule has 0 aromatic heterocycles. The van der Waals surface area contributed by atoms with E-state index in [0.717, 1.165) is 10.5 Å². The number of carbonyl (C=O) groups is 2. The van der Waals surface area contributed by atoms with E-state index in [-0.39, 0.29) is 34.1 Å². The standard InChI is InChI=1S/C21H24N2O5S2/c1-3-18-21(25)23-17-8-7-16(12-19(17)29-18)30(26,27)10-9-20(24)22-13-14-5-4-6-15(11-14)28-2/h4-8,11-12,18H,3,9-10,13H2,1-2H3,(H,22,24)(H,23,25). The van der Waals surface area contributed by atoms with Crippen LogP contribution in [0.15, 0.2) is 52.3 Å². The van der Waals surface area contributed by atoms with Crippen molar-refractivity contribution in [2.24, 2.45) is 0 Å². The van der Waals surface area contributed by atoms with Gasteiger partial charge in [0.1, 0.15) is 5.75 Å². The van der Waals surface area contributed by atoms with Crippen molar-refractivity contribution in [3.63, 3.8) is 0 Å². The van der Waals surface area contributed by atoms with E-state index >= 15 is 0 Å². The monoisotopic (exact) mass is 448 g/mol. The summed E-state index contributed by atoms with van der Waals surface area (Å²) in [5.74, 6) is -0.00860. The molecule has 1 heterocycles. The molecule has 1 atom stereocenters. The van der Waals surface area contributed by atoms with Gasteiger partial charge in [-0.1, -0.05) is 19.1 Å². The molecule has 160 valence electrons. The Hall–Kier alpha value is -2.52. The number of carbonyl (C=O) groups excluding carboxylic acids is 2. The molecule has 1 aliphatic heterocycles. The van der Waals surface area contributed by atoms with Crippen LogP contribution in [0, 0.1) is 0 Å². The van der Waals surface area contributed by atoms with Gasteiger partial charge in [0.2, 0.25) is 11.8 Å². The van der Waals surface area contributed by atoms with Gasteiger partial charge in [-0.05, 0) is 42.3 Å². The minimum Gasteiger partial charge on any atom is -0.497 e. The third-order valence-electron chi connectivity index (χ3n) is 4.72. The first-order valence-corrected chi connectivity index (χ1v) is 12.1. The number of hydrogen-bond acceptors (Lipinski definition) is 6. The molecule has 9 heteroatoms. The molecular formula is C21H24N2O5S2. The Bertz CT molecular complexity index is 1050. The van der Waals surface area contributed by atoms with E-state index < -0.39 is 9.84 Å². The zero-order valence-corrected chi connectivity index (χ0v) is 18.4. The van der Waals surface area contributed by atoms with Gasteiger partial charge in [0.05, 0.1) is 28.7 Å². The lowest BCUT2D eigenvalue weighted by molar-refractivity contribution is -0.121. The number of amides is 2. The molecule has 3 rings (SSSR count). The van der Waals surface area contributed by atoms with Gasteiger partial charge in [0.25, 0.3) is 0 Å². The molecule has 0 bridgehead atoms. The fraction of sp³-hybridized carbons (Fsp3) is 0.333. The third kappa shape index (κ3) is 5.34. The summed E-state index contributed by atoms with van der Waals surface area (Å²) >= 11 is 1.36. The molecule has 0 spiro atoms. The summed E-state index contributed by atoms with van der Waals surface area (Å²) in [6, 6.07) is 11.9. The number of sulfone groups is 1. The molecule has 0 aliphatic carbocycles. The summed E-state index contributed by atoms with van der Waals surface area (Å²) in [5, 5.41) is 5.30. The number of thioether (sulfide) groups is 1. The predicted octanol–water partition coefficient (Wildman–Crippen LogP) is 3.00. The Morgan fingerprint density at radius 2 is 2.03 bits per heavy atom. The number of ether oxygens (including phenoxy) is 1. The Morgan fingerprint density at radius 1 is 1.23 bits per heavy atom. The lowest BCUT2D eigenvalue weighted by Gasteiger charge is -2.23. The summed E-state index contributed by atoms with van der Waals surface area (Å²) in [5.41, 5.74) is 1.48. The van der Waals surface area contributed by atoms with Crippen molar-refractivity contribution in [1.82, 2.24) is 5.32 Å². The molecule has 1 aliphatic rings. The lowest BCUT2D eigenvalue weighted by atomic mass is 10.2. The lowest BCUT2D eigenvalue weighted by Crippen LogP contribution is -2.28. The first kappa shape index (κ1) is 22.2. The van der Waals surface area contributed by atoms with Gasteiger partial charge in [-0.3, -0.25) is 9.59 Å². The normalized spacial score (nSPS) is 15.8. The van der Waals surface area contributed by atoms with E-state index in [1.54, 1.807) is 19.2 Å². The first-order valence-electron chi connectivity index (χ1n) is 9.56. The Balaban J connectivity index is 1.60. The molecule has 2 aromatic rings. The highest BCUT2D eigenvalue weighted by Crippen LogP contribution is 2.38. The van der Waals surface area contributed by atoms with Crippen LogP contribution in [0.5, 0.6) is 5.75 Å². The van der Waals surface area contributed by atoms with E-state index in [1.807, 2.05) is 31.2 Å². The zero-order chi connectivity index (χ0) is 21.7. The second-order valence-electron chi connectivity index (χ2n) is 6.86. The van der Waals surface area contributed by atoms with Crippen LogP contribution in [-0.4, -0.2) is 38.3 Å². The van der Waals surface area contributed by atoms with Crippen LogP contribution in [-0.2, 0) is 26.0 Å². The van der Waals surface area contributed by atoms with E-state index in [1.165, 1.54) is 17.8 Å². The molecule has 30 heavy (non-hydrogen) atoms. The summed E-state index contributed by atoms with van der Waals surface area (Å²) in [6.45, 7) is 2.21. The van der Waals surface area contributed by atoms with Crippen LogP contribution in [0.2, 0.25) is 0 Å². The van der Waals surface area contributed by atoms with Crippen molar-refractivity contribution < 1.29 is 22.7 Å². The highest BCUT2D eigenvalue weighted by atomic mass is 32.2. The number of benzene rings is 2. The molecule has 0 saturated heterocycles. The largest absolute Gasteiger partial charge is 0.497 e. The SMILES string of the molecule is CCC1Sc2cc(S(=O)(=O)CCC(=O)NCc3cccc(OC)c3)ccc2NC1=O. The fourth-order valence-corrected chi connectivity index (χ4v) is 5.42. The van der Waals surface area contributed by atoms with Crippen LogP contribution in [0.1, 0.15) is 25.3 Å². The molecule has 7 nitrogen and oxygen atoms in total. The summed E-state index contributed by atoms with van der Waals surface area (Å²) in [7, 11) is -2.06. The van der Waals surface area contributed by atoms with Gasteiger partial charge >= 0.3 is 0 Å². The van der Waals surface area contributed by atoms with Gasteiger partial charge in [-0.2, -0.15) is 0 Å². The second-order valence-corrected chi connectivity index (χ2v) is 10.2. The summed E-state index contributed by atoms with van der Waals surface area (Å²) < 4.78 is 30.6. The molecule has 2 aromatic carbocycles. The maximum Gasteiger partial charge on any atom is 0.237 e. The van der Waals surface area contributed by atoms with Gasteiger partial charge in [0.15, 0.2) is 9.84 Å². The number of methoxy groups -OCH3 is 1. The molecule has 2 amide bonds. The maximum atomic E-state index is 12.7. The number of rotatable bonds is 8. The maximum absolute atomic E-state index is 12.7. The molecular weight excluding hydrogens is 424 g/mol. The van der Waals surface area contributed by atoms with Crippen molar-refractivity contribution in [1.29, 1.82) is 0 Å². The van der Waals surface area contributed by atoms with Gasteiger partial charge in [-0.25, -0.2) is 8.42 Å². The van der Waals surface area contributed by atoms with Crippen LogP contribution >= 0.6 is 11.8 Å². The quantitative estimate of drug-likeness (QED) is 0.644. The van der Waals surface area contributed by atoms with Crippen molar-refractivity contribution in [2.75, 3.05) is 18.2 Å². The second kappa shape index (κ2) is 9.53. The zero-order valence-electron chi connectivity index (χ0n) is 16.8. The van der Waals surface area contributed by atoms with Crippen molar-refractivity contribution in [3.05, 3.63) is 48.0 Å². The van der Waals surface area contributed by atoms with E-state index in [2.05, 4.69) is 10.6 Å². The van der Waals surface area contributed by atoms with Crippen molar-refractivity contribution in [2.45, 2.75) is 41.4 Å². The van der Waals surface area contributed by atoms with Crippen LogP contribution in [0.4, 0.5) is 5.69 Å². The number of hydrogen-bond donors (Lipinski definition) is 2. The molecule has 2 N–H and O–H groups in total. The highest BCUT2D eigenvalue weighted by Gasteiger charge is 2.27. The Morgan fingerprint density at radius 3 is 2.77 bits per heavy atom. The number of anilines is 1. The Labute approximate surface area is 180 Å². The van der Waals surface area contributed by atoms with Gasteiger partial charge in [0, 0.05) is 17.9 Å². The van der Waals surface area contributed by atoms with Crippen LogP contribution in [0.3, 0.4) is 0 Å². The van der Waals surface area contributed by atoms with Gasteiger partial charge in [-0.15, -0.1) is 11.8 Å². The first-order chi connectivity index (χ1) is 14.3.